The van der Waals surface area contributed by atoms with Crippen LogP contribution < -0.4 is 0 Å². The van der Waals surface area contributed by atoms with Gasteiger partial charge in [-0.2, -0.15) is 0 Å². The minimum absolute atomic E-state index is 0.0411. The van der Waals surface area contributed by atoms with Gasteiger partial charge < -0.3 is 4.90 Å². The summed E-state index contributed by atoms with van der Waals surface area (Å²) in [6, 6.07) is 0. The molecule has 4 nitrogen and oxygen atoms in total. The van der Waals surface area contributed by atoms with Crippen LogP contribution >= 0.6 is 0 Å². The van der Waals surface area contributed by atoms with Crippen molar-refractivity contribution >= 4 is 11.9 Å². The molecule has 62 valence electrons. The average Bonchev–Trinajstić information content (AvgIpc) is 2.17. The predicted octanol–water partition coefficient (Wildman–Crippen LogP) is 0.105. The quantitative estimate of drug-likeness (QED) is 0.615. The van der Waals surface area contributed by atoms with E-state index in [4.69, 9.17) is 5.41 Å². The molecule has 4 heteroatoms. The third-order valence-corrected chi connectivity index (χ3v) is 1.74. The van der Waals surface area contributed by atoms with Crippen LogP contribution in [0.5, 0.6) is 0 Å². The van der Waals surface area contributed by atoms with Crippen LogP contribution in [0.3, 0.4) is 0 Å². The van der Waals surface area contributed by atoms with Crippen molar-refractivity contribution in [2.75, 3.05) is 20.1 Å². The number of carbonyl (C=O) groups excluding carboxylic acids is 1. The van der Waals surface area contributed by atoms with Gasteiger partial charge in [-0.05, 0) is 6.42 Å². The highest BCUT2D eigenvalue weighted by Crippen LogP contribution is 2.06. The number of hydrogen-bond donors (Lipinski definition) is 1. The summed E-state index contributed by atoms with van der Waals surface area (Å²) in [7, 11) is 1.76. The molecule has 1 amide bonds. The third kappa shape index (κ3) is 1.34. The zero-order chi connectivity index (χ0) is 8.43. The second-order valence-electron chi connectivity index (χ2n) is 2.73. The molecule has 0 spiro atoms. The molecule has 0 unspecified atom stereocenters. The molecular weight excluding hydrogens is 142 g/mol. The lowest BCUT2D eigenvalue weighted by Crippen LogP contribution is -2.32. The Balaban J connectivity index is 2.64. The van der Waals surface area contributed by atoms with Crippen molar-refractivity contribution in [1.29, 1.82) is 5.41 Å². The molecule has 0 aromatic rings. The Kier molecular flexibility index (Phi) is 2.12. The van der Waals surface area contributed by atoms with E-state index in [1.165, 1.54) is 4.90 Å². The topological polar surface area (TPSA) is 47.4 Å². The molecule has 1 N–H and O–H groups in total. The van der Waals surface area contributed by atoms with Crippen LogP contribution in [-0.2, 0) is 4.79 Å². The Morgan fingerprint density at radius 3 is 2.64 bits per heavy atom. The molecule has 0 aromatic heterocycles. The van der Waals surface area contributed by atoms with E-state index < -0.39 is 0 Å². The van der Waals surface area contributed by atoms with Crippen LogP contribution in [-0.4, -0.2) is 41.8 Å². The van der Waals surface area contributed by atoms with E-state index in [0.29, 0.717) is 19.0 Å². The van der Waals surface area contributed by atoms with E-state index in [1.807, 2.05) is 6.92 Å². The molecule has 0 bridgehead atoms. The van der Waals surface area contributed by atoms with Crippen LogP contribution in [0.15, 0.2) is 0 Å². The van der Waals surface area contributed by atoms with Crippen LogP contribution in [0.1, 0.15) is 13.3 Å². The van der Waals surface area contributed by atoms with E-state index in [1.54, 1.807) is 11.9 Å². The maximum atomic E-state index is 11.1. The van der Waals surface area contributed by atoms with Gasteiger partial charge in [-0.25, -0.2) is 0 Å². The summed E-state index contributed by atoms with van der Waals surface area (Å²) in [4.78, 5) is 14.3. The first-order valence-electron chi connectivity index (χ1n) is 3.77. The molecular formula is C7H13N3O. The molecule has 1 rings (SSSR count). The fourth-order valence-electron chi connectivity index (χ4n) is 1.14. The van der Waals surface area contributed by atoms with Gasteiger partial charge in [0.25, 0.3) is 0 Å². The van der Waals surface area contributed by atoms with Crippen LogP contribution in [0, 0.1) is 5.41 Å². The lowest BCUT2D eigenvalue weighted by molar-refractivity contribution is -0.125. The van der Waals surface area contributed by atoms with Crippen LogP contribution in [0.2, 0.25) is 0 Å². The molecule has 1 heterocycles. The Morgan fingerprint density at radius 2 is 2.27 bits per heavy atom. The smallest absolute Gasteiger partial charge is 0.248 e. The average molecular weight is 155 g/mol. The number of likely N-dealkylation sites (N-methyl/N-ethyl adjacent to an activating group) is 1. The number of nitrogens with zero attached hydrogens (tertiary/aromatic N) is 2. The molecule has 1 saturated heterocycles. The Hall–Kier alpha value is -1.06. The molecule has 1 aliphatic heterocycles. The zero-order valence-electron chi connectivity index (χ0n) is 6.92. The van der Waals surface area contributed by atoms with Gasteiger partial charge >= 0.3 is 0 Å². The minimum Gasteiger partial charge on any atom is -0.336 e. The first kappa shape index (κ1) is 8.04. The lowest BCUT2D eigenvalue weighted by Gasteiger charge is -2.15. The molecule has 0 radical (unpaired) electrons. The number of hydrogen-bond acceptors (Lipinski definition) is 2. The summed E-state index contributed by atoms with van der Waals surface area (Å²) >= 11 is 0. The summed E-state index contributed by atoms with van der Waals surface area (Å²) in [5.41, 5.74) is 0. The van der Waals surface area contributed by atoms with Crippen molar-refractivity contribution < 1.29 is 4.79 Å². The number of nitrogens with one attached hydrogen (secondary N) is 1. The largest absolute Gasteiger partial charge is 0.336 e. The van der Waals surface area contributed by atoms with Gasteiger partial charge in [-0.1, -0.05) is 6.92 Å². The van der Waals surface area contributed by atoms with E-state index >= 15 is 0 Å². The third-order valence-electron chi connectivity index (χ3n) is 1.74. The Bertz CT molecular complexity index is 190. The summed E-state index contributed by atoms with van der Waals surface area (Å²) < 4.78 is 0. The SMILES string of the molecule is CCCN1C(=N)N(C)CC1=O. The second kappa shape index (κ2) is 2.90. The van der Waals surface area contributed by atoms with E-state index in [0.717, 1.165) is 6.42 Å². The van der Waals surface area contributed by atoms with Gasteiger partial charge in [-0.3, -0.25) is 15.1 Å². The Morgan fingerprint density at radius 1 is 1.64 bits per heavy atom. The van der Waals surface area contributed by atoms with Crippen LogP contribution in [0.4, 0.5) is 0 Å². The van der Waals surface area contributed by atoms with E-state index in [9.17, 15) is 4.79 Å². The van der Waals surface area contributed by atoms with Crippen molar-refractivity contribution in [2.24, 2.45) is 0 Å². The Labute approximate surface area is 66.3 Å². The van der Waals surface area contributed by atoms with Gasteiger partial charge in [0.2, 0.25) is 11.9 Å². The maximum Gasteiger partial charge on any atom is 0.248 e. The van der Waals surface area contributed by atoms with Gasteiger partial charge in [0, 0.05) is 13.6 Å². The molecule has 0 aliphatic carbocycles. The number of guanidine groups is 1. The standard InChI is InChI=1S/C7H13N3O/c1-3-4-10-6(11)5-9(2)7(10)8/h8H,3-5H2,1-2H3. The molecule has 11 heavy (non-hydrogen) atoms. The molecule has 1 fully saturated rings. The van der Waals surface area contributed by atoms with Crippen molar-refractivity contribution in [3.05, 3.63) is 0 Å². The predicted molar refractivity (Wildman–Crippen MR) is 42.4 cm³/mol. The highest BCUT2D eigenvalue weighted by atomic mass is 16.2. The number of rotatable bonds is 2. The van der Waals surface area contributed by atoms with Crippen molar-refractivity contribution in [1.82, 2.24) is 9.80 Å². The first-order chi connectivity index (χ1) is 5.16. The second-order valence-corrected chi connectivity index (χ2v) is 2.73. The van der Waals surface area contributed by atoms with Crippen molar-refractivity contribution in [2.45, 2.75) is 13.3 Å². The summed E-state index contributed by atoms with van der Waals surface area (Å²) in [6.07, 6.45) is 0.905. The van der Waals surface area contributed by atoms with Crippen molar-refractivity contribution in [3.63, 3.8) is 0 Å². The molecule has 0 aromatic carbocycles. The van der Waals surface area contributed by atoms with E-state index in [2.05, 4.69) is 0 Å². The highest BCUT2D eigenvalue weighted by molar-refractivity contribution is 6.02. The van der Waals surface area contributed by atoms with Gasteiger partial charge in [0.05, 0.1) is 6.54 Å². The first-order valence-corrected chi connectivity index (χ1v) is 3.77. The number of carbonyl (C=O) groups is 1. The molecule has 1 aliphatic rings. The summed E-state index contributed by atoms with van der Waals surface area (Å²) in [6.45, 7) is 3.03. The lowest BCUT2D eigenvalue weighted by atomic mass is 10.4. The molecule has 0 saturated carbocycles. The van der Waals surface area contributed by atoms with Crippen molar-refractivity contribution in [3.8, 4) is 0 Å². The highest BCUT2D eigenvalue weighted by Gasteiger charge is 2.28. The normalized spacial score (nSPS) is 18.4. The van der Waals surface area contributed by atoms with E-state index in [-0.39, 0.29) is 5.91 Å². The fraction of sp³-hybridized carbons (Fsp3) is 0.714. The summed E-state index contributed by atoms with van der Waals surface area (Å²) in [5.74, 6) is 0.371. The summed E-state index contributed by atoms with van der Waals surface area (Å²) in [5, 5.41) is 7.48. The van der Waals surface area contributed by atoms with Crippen LogP contribution in [0.25, 0.3) is 0 Å². The van der Waals surface area contributed by atoms with Gasteiger partial charge in [-0.15, -0.1) is 0 Å². The monoisotopic (exact) mass is 155 g/mol. The number of amides is 1. The fourth-order valence-corrected chi connectivity index (χ4v) is 1.14. The maximum absolute atomic E-state index is 11.1. The molecule has 0 atom stereocenters. The minimum atomic E-state index is 0.0411. The zero-order valence-corrected chi connectivity index (χ0v) is 6.92. The van der Waals surface area contributed by atoms with Gasteiger partial charge in [0.1, 0.15) is 0 Å². The van der Waals surface area contributed by atoms with Gasteiger partial charge in [0.15, 0.2) is 0 Å².